The van der Waals surface area contributed by atoms with E-state index in [1.54, 1.807) is 0 Å². The second-order valence-corrected chi connectivity index (χ2v) is 1.96. The summed E-state index contributed by atoms with van der Waals surface area (Å²) in [6.45, 7) is 6.00. The third-order valence-electron chi connectivity index (χ3n) is 1.35. The number of H-pyrrole nitrogens is 1. The summed E-state index contributed by atoms with van der Waals surface area (Å²) in [4.78, 5) is 0. The van der Waals surface area contributed by atoms with Crippen LogP contribution in [0.2, 0.25) is 0 Å². The van der Waals surface area contributed by atoms with Crippen LogP contribution in [0, 0.1) is 0 Å². The normalized spacial score (nSPS) is 8.73. The number of nitrogens with zero attached hydrogens (tertiary/aromatic N) is 1. The molecule has 0 saturated heterocycles. The van der Waals surface area contributed by atoms with Crippen LogP contribution in [-0.4, -0.2) is 10.2 Å². The first-order valence-corrected chi connectivity index (χ1v) is 3.35. The highest BCUT2D eigenvalue weighted by Gasteiger charge is 1.88. The number of rotatable bonds is 0. The average molecular weight is 146 g/mol. The van der Waals surface area contributed by atoms with Gasteiger partial charge in [-0.25, -0.2) is 0 Å². The zero-order valence-electron chi connectivity index (χ0n) is 6.25. The van der Waals surface area contributed by atoms with Gasteiger partial charge in [-0.2, -0.15) is 5.10 Å². The molecule has 1 heterocycles. The molecule has 1 N–H and O–H groups in total. The SMILES string of the molecule is C=C.c1ccc2[nH]ncc2c1. The molecular formula is C9H10N2. The van der Waals surface area contributed by atoms with Gasteiger partial charge in [-0.15, -0.1) is 13.2 Å². The number of nitrogens with one attached hydrogen (secondary N) is 1. The van der Waals surface area contributed by atoms with Gasteiger partial charge in [0.05, 0.1) is 11.7 Å². The molecule has 0 fully saturated rings. The number of benzene rings is 1. The van der Waals surface area contributed by atoms with Crippen LogP contribution in [0.3, 0.4) is 0 Å². The van der Waals surface area contributed by atoms with Crippen molar-refractivity contribution in [1.29, 1.82) is 0 Å². The van der Waals surface area contributed by atoms with Crippen molar-refractivity contribution in [3.63, 3.8) is 0 Å². The lowest BCUT2D eigenvalue weighted by Gasteiger charge is -1.81. The lowest BCUT2D eigenvalue weighted by molar-refractivity contribution is 1.12. The van der Waals surface area contributed by atoms with Gasteiger partial charge in [0.2, 0.25) is 0 Å². The Morgan fingerprint density at radius 3 is 2.64 bits per heavy atom. The summed E-state index contributed by atoms with van der Waals surface area (Å²) in [6.07, 6.45) is 1.81. The molecule has 0 spiro atoms. The van der Waals surface area contributed by atoms with E-state index in [0.29, 0.717) is 0 Å². The van der Waals surface area contributed by atoms with Crippen LogP contribution in [0.5, 0.6) is 0 Å². The van der Waals surface area contributed by atoms with Crippen LogP contribution >= 0.6 is 0 Å². The fraction of sp³-hybridized carbons (Fsp3) is 0. The number of aromatic amines is 1. The van der Waals surface area contributed by atoms with Crippen molar-refractivity contribution >= 4 is 10.9 Å². The predicted molar refractivity (Wildman–Crippen MR) is 47.3 cm³/mol. The lowest BCUT2D eigenvalue weighted by atomic mass is 10.3. The Hall–Kier alpha value is -1.57. The van der Waals surface area contributed by atoms with Gasteiger partial charge in [-0.1, -0.05) is 18.2 Å². The topological polar surface area (TPSA) is 28.7 Å². The second-order valence-electron chi connectivity index (χ2n) is 1.96. The average Bonchev–Trinajstić information content (AvgIpc) is 2.55. The summed E-state index contributed by atoms with van der Waals surface area (Å²) >= 11 is 0. The Morgan fingerprint density at radius 2 is 1.91 bits per heavy atom. The molecule has 0 aliphatic rings. The summed E-state index contributed by atoms with van der Waals surface area (Å²) < 4.78 is 0. The summed E-state index contributed by atoms with van der Waals surface area (Å²) in [7, 11) is 0. The minimum absolute atomic E-state index is 1.09. The van der Waals surface area contributed by atoms with Gasteiger partial charge >= 0.3 is 0 Å². The van der Waals surface area contributed by atoms with E-state index in [9.17, 15) is 0 Å². The number of hydrogen-bond acceptors (Lipinski definition) is 1. The van der Waals surface area contributed by atoms with Gasteiger partial charge < -0.3 is 0 Å². The smallest absolute Gasteiger partial charge is 0.0650 e. The summed E-state index contributed by atoms with van der Waals surface area (Å²) in [5.74, 6) is 0. The first-order chi connectivity index (χ1) is 5.47. The van der Waals surface area contributed by atoms with E-state index in [1.165, 1.54) is 0 Å². The molecule has 0 unspecified atom stereocenters. The number of fused-ring (bicyclic) bond motifs is 1. The number of para-hydroxylation sites is 1. The van der Waals surface area contributed by atoms with Crippen LogP contribution in [0.4, 0.5) is 0 Å². The van der Waals surface area contributed by atoms with Crippen molar-refractivity contribution in [3.05, 3.63) is 43.6 Å². The molecule has 2 rings (SSSR count). The van der Waals surface area contributed by atoms with Gasteiger partial charge in [-0.05, 0) is 6.07 Å². The van der Waals surface area contributed by atoms with Crippen LogP contribution in [-0.2, 0) is 0 Å². The minimum Gasteiger partial charge on any atom is -0.278 e. The number of aromatic nitrogens is 2. The van der Waals surface area contributed by atoms with Crippen molar-refractivity contribution in [3.8, 4) is 0 Å². The van der Waals surface area contributed by atoms with Crippen molar-refractivity contribution < 1.29 is 0 Å². The molecule has 1 aromatic carbocycles. The summed E-state index contributed by atoms with van der Waals surface area (Å²) in [5.41, 5.74) is 1.09. The molecule has 0 amide bonds. The molecule has 2 heteroatoms. The van der Waals surface area contributed by atoms with Gasteiger partial charge in [0.15, 0.2) is 0 Å². The molecule has 0 atom stereocenters. The third-order valence-corrected chi connectivity index (χ3v) is 1.35. The van der Waals surface area contributed by atoms with Crippen LogP contribution in [0.15, 0.2) is 43.6 Å². The molecule has 0 aliphatic heterocycles. The van der Waals surface area contributed by atoms with E-state index in [4.69, 9.17) is 0 Å². The summed E-state index contributed by atoms with van der Waals surface area (Å²) in [6, 6.07) is 8.01. The van der Waals surface area contributed by atoms with Crippen molar-refractivity contribution in [2.45, 2.75) is 0 Å². The third kappa shape index (κ3) is 1.46. The van der Waals surface area contributed by atoms with Crippen LogP contribution in [0.25, 0.3) is 10.9 Å². The predicted octanol–water partition coefficient (Wildman–Crippen LogP) is 2.37. The van der Waals surface area contributed by atoms with Gasteiger partial charge in [0.1, 0.15) is 0 Å². The highest BCUT2D eigenvalue weighted by atomic mass is 15.1. The fourth-order valence-electron chi connectivity index (χ4n) is 0.883. The van der Waals surface area contributed by atoms with E-state index in [0.717, 1.165) is 10.9 Å². The van der Waals surface area contributed by atoms with Crippen LogP contribution < -0.4 is 0 Å². The maximum absolute atomic E-state index is 3.88. The Balaban J connectivity index is 0.000000281. The van der Waals surface area contributed by atoms with E-state index < -0.39 is 0 Å². The van der Waals surface area contributed by atoms with Crippen LogP contribution in [0.1, 0.15) is 0 Å². The molecular weight excluding hydrogens is 136 g/mol. The van der Waals surface area contributed by atoms with Gasteiger partial charge in [-0.3, -0.25) is 5.10 Å². The molecule has 0 saturated carbocycles. The first kappa shape index (κ1) is 7.54. The molecule has 2 nitrogen and oxygen atoms in total. The zero-order chi connectivity index (χ0) is 8.10. The molecule has 0 aliphatic carbocycles. The van der Waals surface area contributed by atoms with Crippen molar-refractivity contribution in [1.82, 2.24) is 10.2 Å². The Kier molecular flexibility index (Phi) is 2.44. The minimum atomic E-state index is 1.09. The molecule has 0 bridgehead atoms. The van der Waals surface area contributed by atoms with E-state index in [1.807, 2.05) is 30.5 Å². The quantitative estimate of drug-likeness (QED) is 0.568. The molecule has 2 aromatic rings. The molecule has 56 valence electrons. The fourth-order valence-corrected chi connectivity index (χ4v) is 0.883. The Morgan fingerprint density at radius 1 is 1.18 bits per heavy atom. The Bertz CT molecular complexity index is 295. The second kappa shape index (κ2) is 3.56. The van der Waals surface area contributed by atoms with Crippen molar-refractivity contribution in [2.24, 2.45) is 0 Å². The maximum Gasteiger partial charge on any atom is 0.0650 e. The van der Waals surface area contributed by atoms with Crippen molar-refractivity contribution in [2.75, 3.05) is 0 Å². The van der Waals surface area contributed by atoms with E-state index in [-0.39, 0.29) is 0 Å². The van der Waals surface area contributed by atoms with E-state index in [2.05, 4.69) is 23.4 Å². The Labute approximate surface area is 65.6 Å². The molecule has 1 aromatic heterocycles. The maximum atomic E-state index is 3.88. The standard InChI is InChI=1S/C7H6N2.C2H4/c1-2-4-7-6(3-1)5-8-9-7;1-2/h1-5H,(H,8,9);1-2H2. The van der Waals surface area contributed by atoms with E-state index >= 15 is 0 Å². The lowest BCUT2D eigenvalue weighted by Crippen LogP contribution is -1.63. The highest BCUT2D eigenvalue weighted by molar-refractivity contribution is 5.77. The molecule has 0 radical (unpaired) electrons. The first-order valence-electron chi connectivity index (χ1n) is 3.35. The molecule has 11 heavy (non-hydrogen) atoms. The number of hydrogen-bond donors (Lipinski definition) is 1. The highest BCUT2D eigenvalue weighted by Crippen LogP contribution is 2.06. The van der Waals surface area contributed by atoms with Gasteiger partial charge in [0, 0.05) is 5.39 Å². The van der Waals surface area contributed by atoms with Gasteiger partial charge in [0.25, 0.3) is 0 Å². The summed E-state index contributed by atoms with van der Waals surface area (Å²) in [5, 5.41) is 7.91. The zero-order valence-corrected chi connectivity index (χ0v) is 6.25. The monoisotopic (exact) mass is 146 g/mol. The largest absolute Gasteiger partial charge is 0.278 e.